The summed E-state index contributed by atoms with van der Waals surface area (Å²) in [7, 11) is 3.93. The average molecular weight is 358 g/mol. The van der Waals surface area contributed by atoms with Crippen molar-refractivity contribution < 1.29 is 9.21 Å². The van der Waals surface area contributed by atoms with Crippen LogP contribution in [0, 0.1) is 11.3 Å². The first-order valence-electron chi connectivity index (χ1n) is 9.28. The summed E-state index contributed by atoms with van der Waals surface area (Å²) in [4.78, 5) is 26.8. The topological polar surface area (TPSA) is 79.5 Å². The molecule has 140 valence electrons. The van der Waals surface area contributed by atoms with Crippen molar-refractivity contribution in [1.82, 2.24) is 14.8 Å². The van der Waals surface area contributed by atoms with Gasteiger partial charge in [-0.1, -0.05) is 0 Å². The van der Waals surface area contributed by atoms with Gasteiger partial charge in [0.15, 0.2) is 5.58 Å². The van der Waals surface area contributed by atoms with Crippen LogP contribution < -0.4 is 16.4 Å². The van der Waals surface area contributed by atoms with Crippen LogP contribution in [-0.2, 0) is 11.3 Å². The summed E-state index contributed by atoms with van der Waals surface area (Å²) in [6, 6.07) is 5.40. The predicted octanol–water partition coefficient (Wildman–Crippen LogP) is 1.48. The van der Waals surface area contributed by atoms with Gasteiger partial charge in [0.1, 0.15) is 0 Å². The lowest BCUT2D eigenvalue weighted by Gasteiger charge is -2.23. The third-order valence-corrected chi connectivity index (χ3v) is 5.81. The summed E-state index contributed by atoms with van der Waals surface area (Å²) in [5.74, 6) is -0.154. The van der Waals surface area contributed by atoms with Crippen LogP contribution in [0.2, 0.25) is 0 Å². The molecule has 1 saturated carbocycles. The highest BCUT2D eigenvalue weighted by atomic mass is 16.4. The van der Waals surface area contributed by atoms with E-state index < -0.39 is 0 Å². The Kier molecular flexibility index (Phi) is 4.36. The molecule has 1 saturated heterocycles. The third kappa shape index (κ3) is 3.17. The van der Waals surface area contributed by atoms with Crippen molar-refractivity contribution >= 4 is 22.7 Å². The van der Waals surface area contributed by atoms with Gasteiger partial charge in [-0.25, -0.2) is 4.79 Å². The standard InChI is InChI=1S/C19H26N4O3/c1-22(2)9-10-23-15-11-13(3-4-16(15)26-18(23)25)21-17(24)14-12-19(14)5-7-20-8-6-19/h3-4,11,14,20H,5-10,12H2,1-2H3,(H,21,24). The number of anilines is 1. The molecule has 7 heteroatoms. The van der Waals surface area contributed by atoms with Gasteiger partial charge in [-0.05, 0) is 70.1 Å². The molecule has 1 aromatic heterocycles. The first-order chi connectivity index (χ1) is 12.5. The van der Waals surface area contributed by atoms with Gasteiger partial charge in [-0.2, -0.15) is 0 Å². The zero-order valence-corrected chi connectivity index (χ0v) is 15.4. The molecule has 2 aromatic rings. The van der Waals surface area contributed by atoms with Crippen LogP contribution >= 0.6 is 0 Å². The maximum absolute atomic E-state index is 12.7. The first-order valence-corrected chi connectivity index (χ1v) is 9.28. The van der Waals surface area contributed by atoms with Gasteiger partial charge in [0.25, 0.3) is 0 Å². The molecule has 2 N–H and O–H groups in total. The quantitative estimate of drug-likeness (QED) is 0.846. The fourth-order valence-corrected chi connectivity index (χ4v) is 4.08. The molecule has 1 spiro atoms. The maximum atomic E-state index is 12.7. The number of aromatic nitrogens is 1. The minimum atomic E-state index is -0.360. The van der Waals surface area contributed by atoms with Crippen LogP contribution in [0.3, 0.4) is 0 Å². The van der Waals surface area contributed by atoms with Crippen molar-refractivity contribution in [2.75, 3.05) is 39.0 Å². The van der Waals surface area contributed by atoms with Crippen molar-refractivity contribution in [1.29, 1.82) is 0 Å². The molecule has 26 heavy (non-hydrogen) atoms. The first kappa shape index (κ1) is 17.3. The van der Waals surface area contributed by atoms with E-state index in [0.717, 1.165) is 50.1 Å². The van der Waals surface area contributed by atoms with Gasteiger partial charge in [-0.3, -0.25) is 9.36 Å². The smallest absolute Gasteiger partial charge is 0.408 e. The summed E-state index contributed by atoms with van der Waals surface area (Å²) in [5.41, 5.74) is 2.20. The normalized spacial score (nSPS) is 21.4. The number of fused-ring (bicyclic) bond motifs is 1. The van der Waals surface area contributed by atoms with Gasteiger partial charge in [0.2, 0.25) is 5.91 Å². The van der Waals surface area contributed by atoms with E-state index >= 15 is 0 Å². The lowest BCUT2D eigenvalue weighted by Crippen LogP contribution is -2.31. The van der Waals surface area contributed by atoms with E-state index in [4.69, 9.17) is 4.42 Å². The van der Waals surface area contributed by atoms with Crippen LogP contribution in [0.5, 0.6) is 0 Å². The second-order valence-corrected chi connectivity index (χ2v) is 7.86. The van der Waals surface area contributed by atoms with Crippen molar-refractivity contribution in [2.45, 2.75) is 25.8 Å². The number of nitrogens with zero attached hydrogens (tertiary/aromatic N) is 2. The molecule has 4 rings (SSSR count). The van der Waals surface area contributed by atoms with E-state index in [0.29, 0.717) is 12.1 Å². The molecule has 1 atom stereocenters. The lowest BCUT2D eigenvalue weighted by molar-refractivity contribution is -0.118. The molecule has 0 radical (unpaired) electrons. The van der Waals surface area contributed by atoms with E-state index in [2.05, 4.69) is 10.6 Å². The number of rotatable bonds is 5. The number of benzene rings is 1. The Hall–Kier alpha value is -2.12. The van der Waals surface area contributed by atoms with Crippen LogP contribution in [0.1, 0.15) is 19.3 Å². The van der Waals surface area contributed by atoms with Crippen molar-refractivity contribution in [3.05, 3.63) is 28.7 Å². The minimum Gasteiger partial charge on any atom is -0.408 e. The molecule has 2 fully saturated rings. The number of likely N-dealkylation sites (N-methyl/N-ethyl adjacent to an activating group) is 1. The zero-order chi connectivity index (χ0) is 18.3. The fourth-order valence-electron chi connectivity index (χ4n) is 4.08. The Labute approximate surface area is 152 Å². The maximum Gasteiger partial charge on any atom is 0.419 e. The second kappa shape index (κ2) is 6.55. The monoisotopic (exact) mass is 358 g/mol. The molecule has 1 amide bonds. The summed E-state index contributed by atoms with van der Waals surface area (Å²) in [5, 5.41) is 6.40. The number of carbonyl (C=O) groups is 1. The zero-order valence-electron chi connectivity index (χ0n) is 15.4. The summed E-state index contributed by atoms with van der Waals surface area (Å²) < 4.78 is 6.93. The van der Waals surface area contributed by atoms with Crippen LogP contribution in [-0.4, -0.2) is 49.1 Å². The molecule has 7 nitrogen and oxygen atoms in total. The molecule has 1 aliphatic heterocycles. The Bertz CT molecular complexity index is 877. The van der Waals surface area contributed by atoms with E-state index in [9.17, 15) is 9.59 Å². The Morgan fingerprint density at radius 2 is 2.15 bits per heavy atom. The largest absolute Gasteiger partial charge is 0.419 e. The molecular weight excluding hydrogens is 332 g/mol. The molecule has 1 aromatic carbocycles. The molecule has 2 aliphatic rings. The van der Waals surface area contributed by atoms with Gasteiger partial charge < -0.3 is 20.0 Å². The SMILES string of the molecule is CN(C)CCn1c(=O)oc2ccc(NC(=O)C3CC34CCNCC4)cc21. The highest BCUT2D eigenvalue weighted by Gasteiger charge is 2.57. The minimum absolute atomic E-state index is 0.0944. The molecule has 1 aliphatic carbocycles. The van der Waals surface area contributed by atoms with Gasteiger partial charge in [0.05, 0.1) is 5.52 Å². The van der Waals surface area contributed by atoms with Crippen molar-refractivity contribution in [3.63, 3.8) is 0 Å². The lowest BCUT2D eigenvalue weighted by atomic mass is 9.92. The van der Waals surface area contributed by atoms with E-state index in [1.54, 1.807) is 16.7 Å². The summed E-state index contributed by atoms with van der Waals surface area (Å²) in [6.45, 7) is 3.30. The number of hydrogen-bond acceptors (Lipinski definition) is 5. The van der Waals surface area contributed by atoms with Gasteiger partial charge in [0, 0.05) is 24.7 Å². The number of nitrogens with one attached hydrogen (secondary N) is 2. The number of amides is 1. The number of piperidine rings is 1. The Morgan fingerprint density at radius 1 is 1.38 bits per heavy atom. The molecule has 1 unspecified atom stereocenters. The second-order valence-electron chi connectivity index (χ2n) is 7.86. The average Bonchev–Trinajstić information content (AvgIpc) is 3.20. The fraction of sp³-hybridized carbons (Fsp3) is 0.579. The number of carbonyl (C=O) groups excluding carboxylic acids is 1. The molecular formula is C19H26N4O3. The van der Waals surface area contributed by atoms with Crippen molar-refractivity contribution in [2.24, 2.45) is 11.3 Å². The Balaban J connectivity index is 1.51. The summed E-state index contributed by atoms with van der Waals surface area (Å²) in [6.07, 6.45) is 3.15. The molecule has 0 bridgehead atoms. The third-order valence-electron chi connectivity index (χ3n) is 5.81. The van der Waals surface area contributed by atoms with Crippen LogP contribution in [0.15, 0.2) is 27.4 Å². The Morgan fingerprint density at radius 3 is 2.88 bits per heavy atom. The van der Waals surface area contributed by atoms with Crippen LogP contribution in [0.4, 0.5) is 5.69 Å². The molecule has 2 heterocycles. The van der Waals surface area contributed by atoms with Crippen molar-refractivity contribution in [3.8, 4) is 0 Å². The van der Waals surface area contributed by atoms with Gasteiger partial charge in [-0.15, -0.1) is 0 Å². The number of hydrogen-bond donors (Lipinski definition) is 2. The summed E-state index contributed by atoms with van der Waals surface area (Å²) >= 11 is 0. The van der Waals surface area contributed by atoms with E-state index in [-0.39, 0.29) is 23.0 Å². The highest BCUT2D eigenvalue weighted by Crippen LogP contribution is 2.58. The van der Waals surface area contributed by atoms with E-state index in [1.807, 2.05) is 25.1 Å². The van der Waals surface area contributed by atoms with Gasteiger partial charge >= 0.3 is 5.76 Å². The predicted molar refractivity (Wildman–Crippen MR) is 100 cm³/mol. The number of oxazole rings is 1. The van der Waals surface area contributed by atoms with Crippen LogP contribution in [0.25, 0.3) is 11.1 Å². The highest BCUT2D eigenvalue weighted by molar-refractivity contribution is 5.96. The van der Waals surface area contributed by atoms with E-state index in [1.165, 1.54) is 0 Å².